The van der Waals surface area contributed by atoms with Crippen LogP contribution in [0, 0.1) is 6.92 Å². The average molecular weight is 298 g/mol. The quantitative estimate of drug-likeness (QED) is 0.884. The Morgan fingerprint density at radius 1 is 1.32 bits per heavy atom. The molecule has 0 fully saturated rings. The van der Waals surface area contributed by atoms with E-state index >= 15 is 0 Å². The molecule has 0 bridgehead atoms. The van der Waals surface area contributed by atoms with Crippen LogP contribution >= 0.6 is 11.3 Å². The molecular weight excluding hydrogens is 284 g/mol. The number of aromatic nitrogens is 1. The van der Waals surface area contributed by atoms with E-state index in [-0.39, 0.29) is 4.90 Å². The minimum atomic E-state index is -4.15. The van der Waals surface area contributed by atoms with E-state index in [0.717, 1.165) is 17.0 Å². The van der Waals surface area contributed by atoms with Gasteiger partial charge in [-0.2, -0.15) is 8.42 Å². The van der Waals surface area contributed by atoms with Crippen LogP contribution in [0.15, 0.2) is 39.5 Å². The Bertz CT molecular complexity index is 740. The second-order valence-corrected chi connectivity index (χ2v) is 6.24. The molecule has 0 saturated carbocycles. The van der Waals surface area contributed by atoms with Crippen molar-refractivity contribution in [1.82, 2.24) is 4.57 Å². The van der Waals surface area contributed by atoms with E-state index in [4.69, 9.17) is 4.55 Å². The van der Waals surface area contributed by atoms with Gasteiger partial charge >= 0.3 is 0 Å². The van der Waals surface area contributed by atoms with Crippen LogP contribution in [-0.2, 0) is 16.7 Å². The predicted octanol–water partition coefficient (Wildman–Crippen LogP) is 2.36. The molecule has 1 aromatic carbocycles. The predicted molar refractivity (Wildman–Crippen MR) is 74.2 cm³/mol. The highest BCUT2D eigenvalue weighted by atomic mass is 32.2. The van der Waals surface area contributed by atoms with Crippen LogP contribution in [0.2, 0.25) is 0 Å². The SMILES string of the molecule is CCn1c(C)csc1=Nc1ccc(S(=O)(=O)O)cc1. The summed E-state index contributed by atoms with van der Waals surface area (Å²) < 4.78 is 32.8. The maximum absolute atomic E-state index is 10.9. The molecule has 1 N–H and O–H groups in total. The molecule has 0 radical (unpaired) electrons. The minimum absolute atomic E-state index is 0.128. The summed E-state index contributed by atoms with van der Waals surface area (Å²) in [5.41, 5.74) is 1.79. The Kier molecular flexibility index (Phi) is 3.88. The zero-order valence-corrected chi connectivity index (χ0v) is 12.2. The molecular formula is C12H14N2O3S2. The summed E-state index contributed by atoms with van der Waals surface area (Å²) in [6.07, 6.45) is 0. The van der Waals surface area contributed by atoms with Crippen LogP contribution < -0.4 is 4.80 Å². The first kappa shape index (κ1) is 14.0. The van der Waals surface area contributed by atoms with E-state index in [2.05, 4.69) is 9.56 Å². The molecule has 7 heteroatoms. The van der Waals surface area contributed by atoms with Gasteiger partial charge in [0.15, 0.2) is 4.80 Å². The Morgan fingerprint density at radius 2 is 1.95 bits per heavy atom. The summed E-state index contributed by atoms with van der Waals surface area (Å²) in [4.78, 5) is 5.19. The summed E-state index contributed by atoms with van der Waals surface area (Å²) >= 11 is 1.53. The van der Waals surface area contributed by atoms with E-state index in [0.29, 0.717) is 5.69 Å². The van der Waals surface area contributed by atoms with Gasteiger partial charge in [0.25, 0.3) is 10.1 Å². The van der Waals surface area contributed by atoms with Crippen molar-refractivity contribution in [2.75, 3.05) is 0 Å². The van der Waals surface area contributed by atoms with Crippen molar-refractivity contribution in [3.63, 3.8) is 0 Å². The average Bonchev–Trinajstić information content (AvgIpc) is 2.69. The molecule has 0 atom stereocenters. The van der Waals surface area contributed by atoms with Crippen molar-refractivity contribution in [2.45, 2.75) is 25.3 Å². The third-order valence-corrected chi connectivity index (χ3v) is 4.52. The molecule has 0 unspecified atom stereocenters. The van der Waals surface area contributed by atoms with Gasteiger partial charge in [0.1, 0.15) is 0 Å². The maximum atomic E-state index is 10.9. The number of nitrogens with zero attached hydrogens (tertiary/aromatic N) is 2. The molecule has 1 heterocycles. The lowest BCUT2D eigenvalue weighted by atomic mass is 10.3. The van der Waals surface area contributed by atoms with Gasteiger partial charge in [-0.05, 0) is 38.1 Å². The van der Waals surface area contributed by atoms with Gasteiger partial charge in [0.05, 0.1) is 10.6 Å². The third-order valence-electron chi connectivity index (χ3n) is 2.67. The Balaban J connectivity index is 2.44. The van der Waals surface area contributed by atoms with E-state index in [1.807, 2.05) is 19.2 Å². The minimum Gasteiger partial charge on any atom is -0.321 e. The van der Waals surface area contributed by atoms with Gasteiger partial charge < -0.3 is 4.57 Å². The van der Waals surface area contributed by atoms with Gasteiger partial charge in [-0.1, -0.05) is 0 Å². The lowest BCUT2D eigenvalue weighted by Gasteiger charge is -2.01. The highest BCUT2D eigenvalue weighted by molar-refractivity contribution is 7.85. The molecule has 0 spiro atoms. The fraction of sp³-hybridized carbons (Fsp3) is 0.250. The Hall–Kier alpha value is -1.44. The van der Waals surface area contributed by atoms with Gasteiger partial charge in [-0.25, -0.2) is 4.99 Å². The van der Waals surface area contributed by atoms with E-state index in [9.17, 15) is 8.42 Å². The molecule has 0 aliphatic rings. The smallest absolute Gasteiger partial charge is 0.294 e. The van der Waals surface area contributed by atoms with Crippen molar-refractivity contribution in [2.24, 2.45) is 4.99 Å². The van der Waals surface area contributed by atoms with Crippen molar-refractivity contribution >= 4 is 27.1 Å². The fourth-order valence-corrected chi connectivity index (χ4v) is 3.13. The van der Waals surface area contributed by atoms with Gasteiger partial charge in [0, 0.05) is 17.6 Å². The van der Waals surface area contributed by atoms with Crippen LogP contribution in [0.1, 0.15) is 12.6 Å². The first-order valence-corrected chi connectivity index (χ1v) is 8.01. The Labute approximate surface area is 115 Å². The monoisotopic (exact) mass is 298 g/mol. The number of benzene rings is 1. The largest absolute Gasteiger partial charge is 0.321 e. The zero-order chi connectivity index (χ0) is 14.0. The second kappa shape index (κ2) is 5.28. The fourth-order valence-electron chi connectivity index (χ4n) is 1.69. The highest BCUT2D eigenvalue weighted by Gasteiger charge is 2.08. The van der Waals surface area contributed by atoms with Crippen molar-refractivity contribution in [3.05, 3.63) is 40.1 Å². The van der Waals surface area contributed by atoms with Crippen LogP contribution in [0.4, 0.5) is 5.69 Å². The van der Waals surface area contributed by atoms with Crippen molar-refractivity contribution < 1.29 is 13.0 Å². The summed E-state index contributed by atoms with van der Waals surface area (Å²) in [5, 5.41) is 2.02. The first-order chi connectivity index (χ1) is 8.91. The molecule has 102 valence electrons. The molecule has 2 aromatic rings. The van der Waals surface area contributed by atoms with Crippen molar-refractivity contribution in [3.8, 4) is 0 Å². The first-order valence-electron chi connectivity index (χ1n) is 5.69. The second-order valence-electron chi connectivity index (χ2n) is 3.98. The van der Waals surface area contributed by atoms with E-state index in [1.165, 1.54) is 23.5 Å². The molecule has 5 nitrogen and oxygen atoms in total. The number of aryl methyl sites for hydroxylation is 1. The summed E-state index contributed by atoms with van der Waals surface area (Å²) in [6.45, 7) is 4.89. The molecule has 2 rings (SSSR count). The molecule has 0 amide bonds. The normalized spacial score (nSPS) is 12.9. The molecule has 0 aliphatic heterocycles. The van der Waals surface area contributed by atoms with Crippen LogP contribution in [0.3, 0.4) is 0 Å². The Morgan fingerprint density at radius 3 is 2.47 bits per heavy atom. The van der Waals surface area contributed by atoms with Gasteiger partial charge in [0.2, 0.25) is 0 Å². The van der Waals surface area contributed by atoms with Gasteiger partial charge in [-0.15, -0.1) is 11.3 Å². The van der Waals surface area contributed by atoms with Crippen LogP contribution in [0.25, 0.3) is 0 Å². The highest BCUT2D eigenvalue weighted by Crippen LogP contribution is 2.16. The number of hydrogen-bond acceptors (Lipinski definition) is 4. The molecule has 19 heavy (non-hydrogen) atoms. The standard InChI is InChI=1S/C12H14N2O3S2/c1-3-14-9(2)8-18-12(14)13-10-4-6-11(7-5-10)19(15,16)17/h4-8H,3H2,1-2H3,(H,15,16,17). The topological polar surface area (TPSA) is 71.7 Å². The molecule has 1 aromatic heterocycles. The van der Waals surface area contributed by atoms with Crippen LogP contribution in [0.5, 0.6) is 0 Å². The lowest BCUT2D eigenvalue weighted by molar-refractivity contribution is 0.483. The van der Waals surface area contributed by atoms with Gasteiger partial charge in [-0.3, -0.25) is 4.55 Å². The molecule has 0 aliphatic carbocycles. The summed E-state index contributed by atoms with van der Waals surface area (Å²) in [6, 6.07) is 5.81. The number of hydrogen-bond donors (Lipinski definition) is 1. The lowest BCUT2D eigenvalue weighted by Crippen LogP contribution is -2.14. The third kappa shape index (κ3) is 3.12. The zero-order valence-electron chi connectivity index (χ0n) is 10.6. The van der Waals surface area contributed by atoms with Crippen molar-refractivity contribution in [1.29, 1.82) is 0 Å². The van der Waals surface area contributed by atoms with Crippen LogP contribution in [-0.4, -0.2) is 17.5 Å². The number of rotatable bonds is 3. The van der Waals surface area contributed by atoms with E-state index < -0.39 is 10.1 Å². The maximum Gasteiger partial charge on any atom is 0.294 e. The molecule has 0 saturated heterocycles. The number of thiazole rings is 1. The van der Waals surface area contributed by atoms with E-state index in [1.54, 1.807) is 12.1 Å². The summed E-state index contributed by atoms with van der Waals surface area (Å²) in [7, 11) is -4.15. The summed E-state index contributed by atoms with van der Waals surface area (Å²) in [5.74, 6) is 0.